The Morgan fingerprint density at radius 1 is 1.14 bits per heavy atom. The van der Waals surface area contributed by atoms with Gasteiger partial charge in [-0.2, -0.15) is 0 Å². The maximum atomic E-state index is 13.4. The number of nitrogens with one attached hydrogen (secondary N) is 1. The van der Waals surface area contributed by atoms with Crippen LogP contribution in [0, 0.1) is 5.82 Å². The zero-order valence-corrected chi connectivity index (χ0v) is 16.2. The lowest BCUT2D eigenvalue weighted by atomic mass is 9.81. The lowest BCUT2D eigenvalue weighted by Gasteiger charge is -2.35. The third-order valence-corrected chi connectivity index (χ3v) is 5.52. The average molecular weight is 380 g/mol. The number of imidazole rings is 1. The highest BCUT2D eigenvalue weighted by Gasteiger charge is 2.30. The highest BCUT2D eigenvalue weighted by molar-refractivity contribution is 5.77. The van der Waals surface area contributed by atoms with E-state index in [1.807, 2.05) is 12.4 Å². The number of benzene rings is 1. The van der Waals surface area contributed by atoms with Gasteiger partial charge >= 0.3 is 0 Å². The molecule has 28 heavy (non-hydrogen) atoms. The second kappa shape index (κ2) is 7.31. The van der Waals surface area contributed by atoms with E-state index in [0.29, 0.717) is 12.0 Å². The maximum absolute atomic E-state index is 13.4. The Hall–Kier alpha value is -2.80. The third kappa shape index (κ3) is 3.62. The van der Waals surface area contributed by atoms with E-state index in [1.54, 1.807) is 25.4 Å². The smallest absolute Gasteiger partial charge is 0.222 e. The van der Waals surface area contributed by atoms with Crippen LogP contribution in [0.2, 0.25) is 0 Å². The molecule has 0 spiro atoms. The van der Waals surface area contributed by atoms with Crippen molar-refractivity contribution in [2.75, 3.05) is 12.4 Å². The van der Waals surface area contributed by atoms with Gasteiger partial charge in [0.2, 0.25) is 5.95 Å². The van der Waals surface area contributed by atoms with Crippen LogP contribution in [0.3, 0.4) is 0 Å². The Morgan fingerprint density at radius 3 is 2.54 bits per heavy atom. The SMILES string of the molecule is CNc1nccc(-c2c(-c3ccc(F)cc3)ncn2C2CCC(C)(N)CC2)n1. The van der Waals surface area contributed by atoms with Crippen LogP contribution in [-0.2, 0) is 0 Å². The molecular formula is C21H25FN6. The lowest BCUT2D eigenvalue weighted by Crippen LogP contribution is -2.40. The summed E-state index contributed by atoms with van der Waals surface area (Å²) in [5.74, 6) is 0.284. The fraction of sp³-hybridized carbons (Fsp3) is 0.381. The Labute approximate surface area is 164 Å². The summed E-state index contributed by atoms with van der Waals surface area (Å²) in [5.41, 5.74) is 9.59. The van der Waals surface area contributed by atoms with Crippen LogP contribution in [0.25, 0.3) is 22.6 Å². The van der Waals surface area contributed by atoms with Gasteiger partial charge in [-0.05, 0) is 62.9 Å². The largest absolute Gasteiger partial charge is 0.357 e. The molecule has 0 amide bonds. The van der Waals surface area contributed by atoms with Gasteiger partial charge in [0.15, 0.2) is 0 Å². The van der Waals surface area contributed by atoms with Gasteiger partial charge in [-0.15, -0.1) is 0 Å². The quantitative estimate of drug-likeness (QED) is 0.714. The van der Waals surface area contributed by atoms with E-state index in [2.05, 4.69) is 31.8 Å². The number of aromatic nitrogens is 4. The molecule has 1 aliphatic carbocycles. The van der Waals surface area contributed by atoms with E-state index in [0.717, 1.165) is 48.3 Å². The Morgan fingerprint density at radius 2 is 1.86 bits per heavy atom. The van der Waals surface area contributed by atoms with Crippen LogP contribution in [0.1, 0.15) is 38.6 Å². The summed E-state index contributed by atoms with van der Waals surface area (Å²) >= 11 is 0. The van der Waals surface area contributed by atoms with Gasteiger partial charge in [-0.3, -0.25) is 0 Å². The number of rotatable bonds is 4. The van der Waals surface area contributed by atoms with E-state index in [-0.39, 0.29) is 11.4 Å². The van der Waals surface area contributed by atoms with E-state index in [1.165, 1.54) is 12.1 Å². The summed E-state index contributed by atoms with van der Waals surface area (Å²) in [4.78, 5) is 13.6. The molecule has 0 saturated heterocycles. The number of hydrogen-bond donors (Lipinski definition) is 2. The number of anilines is 1. The summed E-state index contributed by atoms with van der Waals surface area (Å²) < 4.78 is 15.6. The lowest BCUT2D eigenvalue weighted by molar-refractivity contribution is 0.253. The van der Waals surface area contributed by atoms with Gasteiger partial charge in [0.05, 0.1) is 23.4 Å². The molecule has 0 aliphatic heterocycles. The molecule has 1 aromatic carbocycles. The van der Waals surface area contributed by atoms with Crippen molar-refractivity contribution < 1.29 is 4.39 Å². The van der Waals surface area contributed by atoms with Crippen molar-refractivity contribution in [1.29, 1.82) is 0 Å². The molecule has 1 fully saturated rings. The fourth-order valence-electron chi connectivity index (χ4n) is 3.86. The minimum Gasteiger partial charge on any atom is -0.357 e. The second-order valence-electron chi connectivity index (χ2n) is 7.76. The molecular weight excluding hydrogens is 355 g/mol. The molecule has 6 nitrogen and oxygen atoms in total. The normalized spacial score (nSPS) is 22.2. The summed E-state index contributed by atoms with van der Waals surface area (Å²) in [7, 11) is 1.79. The fourth-order valence-corrected chi connectivity index (χ4v) is 3.86. The Kier molecular flexibility index (Phi) is 4.85. The molecule has 0 atom stereocenters. The molecule has 7 heteroatoms. The zero-order valence-electron chi connectivity index (χ0n) is 16.2. The van der Waals surface area contributed by atoms with Crippen LogP contribution >= 0.6 is 0 Å². The number of nitrogens with zero attached hydrogens (tertiary/aromatic N) is 4. The van der Waals surface area contributed by atoms with Gasteiger partial charge in [0.25, 0.3) is 0 Å². The standard InChI is InChI=1S/C21H25FN6/c1-21(23)10-7-16(8-11-21)28-13-26-18(14-3-5-15(22)6-4-14)19(28)17-9-12-25-20(24-2)27-17/h3-6,9,12-13,16H,7-8,10-11,23H2,1-2H3,(H,24,25,27). The zero-order chi connectivity index (χ0) is 19.7. The minimum absolute atomic E-state index is 0.106. The molecule has 0 bridgehead atoms. The topological polar surface area (TPSA) is 81.7 Å². The summed E-state index contributed by atoms with van der Waals surface area (Å²) in [5, 5.41) is 2.99. The highest BCUT2D eigenvalue weighted by Crippen LogP contribution is 2.39. The summed E-state index contributed by atoms with van der Waals surface area (Å²) in [6.45, 7) is 2.12. The predicted octanol–water partition coefficient (Wildman–Crippen LogP) is 4.02. The van der Waals surface area contributed by atoms with Gasteiger partial charge in [-0.25, -0.2) is 19.3 Å². The maximum Gasteiger partial charge on any atom is 0.222 e. The van der Waals surface area contributed by atoms with Gasteiger partial charge in [0.1, 0.15) is 5.82 Å². The number of halogens is 1. The van der Waals surface area contributed by atoms with Crippen LogP contribution in [-0.4, -0.2) is 32.1 Å². The van der Waals surface area contributed by atoms with Gasteiger partial charge in [0, 0.05) is 30.4 Å². The first-order valence-corrected chi connectivity index (χ1v) is 9.60. The van der Waals surface area contributed by atoms with Crippen molar-refractivity contribution in [3.05, 3.63) is 48.7 Å². The van der Waals surface area contributed by atoms with Crippen molar-refractivity contribution in [3.8, 4) is 22.6 Å². The monoisotopic (exact) mass is 380 g/mol. The first-order chi connectivity index (χ1) is 13.5. The molecule has 0 unspecified atom stereocenters. The van der Waals surface area contributed by atoms with Crippen LogP contribution in [0.15, 0.2) is 42.9 Å². The third-order valence-electron chi connectivity index (χ3n) is 5.52. The van der Waals surface area contributed by atoms with Crippen LogP contribution in [0.5, 0.6) is 0 Å². The Bertz CT molecular complexity index is 953. The molecule has 3 N–H and O–H groups in total. The molecule has 146 valence electrons. The van der Waals surface area contributed by atoms with Gasteiger partial charge in [-0.1, -0.05) is 0 Å². The highest BCUT2D eigenvalue weighted by atomic mass is 19.1. The van der Waals surface area contributed by atoms with Crippen molar-refractivity contribution in [3.63, 3.8) is 0 Å². The van der Waals surface area contributed by atoms with Crippen LogP contribution < -0.4 is 11.1 Å². The van der Waals surface area contributed by atoms with Crippen molar-refractivity contribution >= 4 is 5.95 Å². The van der Waals surface area contributed by atoms with E-state index < -0.39 is 0 Å². The van der Waals surface area contributed by atoms with Crippen LogP contribution in [0.4, 0.5) is 10.3 Å². The number of hydrogen-bond acceptors (Lipinski definition) is 5. The summed E-state index contributed by atoms with van der Waals surface area (Å²) in [6.07, 6.45) is 7.52. The molecule has 3 aromatic rings. The predicted molar refractivity (Wildman–Crippen MR) is 108 cm³/mol. The van der Waals surface area contributed by atoms with Gasteiger partial charge < -0.3 is 15.6 Å². The molecule has 2 aromatic heterocycles. The van der Waals surface area contributed by atoms with E-state index >= 15 is 0 Å². The molecule has 4 rings (SSSR count). The average Bonchev–Trinajstić information content (AvgIpc) is 3.13. The van der Waals surface area contributed by atoms with Crippen molar-refractivity contribution in [2.24, 2.45) is 5.73 Å². The van der Waals surface area contributed by atoms with E-state index in [4.69, 9.17) is 5.73 Å². The van der Waals surface area contributed by atoms with E-state index in [9.17, 15) is 4.39 Å². The van der Waals surface area contributed by atoms with Crippen molar-refractivity contribution in [1.82, 2.24) is 19.5 Å². The number of nitrogens with two attached hydrogens (primary N) is 1. The molecule has 0 radical (unpaired) electrons. The first kappa shape index (κ1) is 18.6. The van der Waals surface area contributed by atoms with Crippen molar-refractivity contribution in [2.45, 2.75) is 44.2 Å². The summed E-state index contributed by atoms with van der Waals surface area (Å²) in [6, 6.07) is 8.61. The molecule has 1 aliphatic rings. The second-order valence-corrected chi connectivity index (χ2v) is 7.76. The molecule has 1 saturated carbocycles. The minimum atomic E-state index is -0.265. The molecule has 2 heterocycles. The Balaban J connectivity index is 1.81. The first-order valence-electron chi connectivity index (χ1n) is 9.60.